The molecule has 1 aromatic carbocycles. The number of carbonyl (C=O) groups is 1. The van der Waals surface area contributed by atoms with E-state index in [-0.39, 0.29) is 23.9 Å². The second-order valence-corrected chi connectivity index (χ2v) is 7.89. The predicted molar refractivity (Wildman–Crippen MR) is 107 cm³/mol. The number of nitrogens with zero attached hydrogens (tertiary/aromatic N) is 3. The average Bonchev–Trinajstić information content (AvgIpc) is 3.44. The summed E-state index contributed by atoms with van der Waals surface area (Å²) in [6.07, 6.45) is 2.05. The second kappa shape index (κ2) is 8.84. The normalized spacial score (nSPS) is 19.2. The van der Waals surface area contributed by atoms with E-state index in [4.69, 9.17) is 9.15 Å². The highest BCUT2D eigenvalue weighted by Crippen LogP contribution is 2.30. The monoisotopic (exact) mass is 415 g/mol. The molecule has 3 aromatic rings. The Morgan fingerprint density at radius 2 is 2.10 bits per heavy atom. The van der Waals surface area contributed by atoms with Gasteiger partial charge < -0.3 is 14.1 Å². The summed E-state index contributed by atoms with van der Waals surface area (Å²) in [5, 5.41) is 12.0. The zero-order chi connectivity index (χ0) is 20.2. The molecule has 1 amide bonds. The van der Waals surface area contributed by atoms with Crippen molar-refractivity contribution >= 4 is 17.2 Å². The van der Waals surface area contributed by atoms with Crippen LogP contribution in [0.2, 0.25) is 0 Å². The largest absolute Gasteiger partial charge is 0.421 e. The maximum atomic E-state index is 13.2. The van der Waals surface area contributed by atoms with Gasteiger partial charge in [-0.2, -0.15) is 11.3 Å². The summed E-state index contributed by atoms with van der Waals surface area (Å²) in [5.74, 6) is 0.708. The van der Waals surface area contributed by atoms with Crippen LogP contribution in [0.25, 0.3) is 11.5 Å². The Morgan fingerprint density at radius 3 is 2.86 bits per heavy atom. The summed E-state index contributed by atoms with van der Waals surface area (Å²) in [7, 11) is 1.82. The van der Waals surface area contributed by atoms with Gasteiger partial charge in [-0.25, -0.2) is 4.39 Å². The highest BCUT2D eigenvalue weighted by molar-refractivity contribution is 7.08. The van der Waals surface area contributed by atoms with E-state index >= 15 is 0 Å². The molecule has 3 heterocycles. The Bertz CT molecular complexity index is 943. The minimum absolute atomic E-state index is 0.0324. The molecular formula is C21H22FN3O3S. The topological polar surface area (TPSA) is 68.5 Å². The van der Waals surface area contributed by atoms with Gasteiger partial charge in [-0.05, 0) is 42.0 Å². The molecule has 4 rings (SSSR count). The van der Waals surface area contributed by atoms with E-state index in [1.165, 1.54) is 12.1 Å². The maximum Gasteiger partial charge on any atom is 0.248 e. The minimum atomic E-state index is -0.267. The van der Waals surface area contributed by atoms with Gasteiger partial charge in [-0.1, -0.05) is 12.1 Å². The molecule has 0 N–H and O–H groups in total. The van der Waals surface area contributed by atoms with Crippen molar-refractivity contribution in [2.45, 2.75) is 37.8 Å². The molecule has 29 heavy (non-hydrogen) atoms. The van der Waals surface area contributed by atoms with Crippen LogP contribution in [0.15, 0.2) is 45.5 Å². The molecule has 2 atom stereocenters. The molecule has 0 unspecified atom stereocenters. The molecule has 0 spiro atoms. The summed E-state index contributed by atoms with van der Waals surface area (Å²) in [4.78, 5) is 14.5. The number of hydrogen-bond acceptors (Lipinski definition) is 6. The van der Waals surface area contributed by atoms with Crippen molar-refractivity contribution in [3.05, 3.63) is 58.4 Å². The van der Waals surface area contributed by atoms with Gasteiger partial charge in [0, 0.05) is 43.5 Å². The molecule has 152 valence electrons. The van der Waals surface area contributed by atoms with Gasteiger partial charge in [-0.3, -0.25) is 4.79 Å². The van der Waals surface area contributed by atoms with Gasteiger partial charge in [0.05, 0.1) is 6.10 Å². The van der Waals surface area contributed by atoms with Crippen LogP contribution in [-0.4, -0.2) is 40.7 Å². The van der Waals surface area contributed by atoms with Crippen molar-refractivity contribution in [1.29, 1.82) is 0 Å². The van der Waals surface area contributed by atoms with Crippen molar-refractivity contribution in [2.24, 2.45) is 0 Å². The Morgan fingerprint density at radius 1 is 1.28 bits per heavy atom. The number of hydrogen-bond donors (Lipinski definition) is 0. The highest BCUT2D eigenvalue weighted by atomic mass is 32.1. The number of halogens is 1. The average molecular weight is 415 g/mol. The summed E-state index contributed by atoms with van der Waals surface area (Å²) in [6, 6.07) is 8.35. The van der Waals surface area contributed by atoms with Crippen molar-refractivity contribution in [3.63, 3.8) is 0 Å². The molecule has 2 aromatic heterocycles. The first kappa shape index (κ1) is 19.7. The first-order valence-electron chi connectivity index (χ1n) is 9.58. The van der Waals surface area contributed by atoms with Crippen LogP contribution >= 0.6 is 11.3 Å². The van der Waals surface area contributed by atoms with Crippen LogP contribution in [-0.2, 0) is 16.0 Å². The summed E-state index contributed by atoms with van der Waals surface area (Å²) < 4.78 is 24.7. The van der Waals surface area contributed by atoms with Crippen LogP contribution in [0.1, 0.15) is 36.8 Å². The van der Waals surface area contributed by atoms with Gasteiger partial charge in [0.2, 0.25) is 17.7 Å². The van der Waals surface area contributed by atoms with Crippen LogP contribution in [0.3, 0.4) is 0 Å². The fraction of sp³-hybridized carbons (Fsp3) is 0.381. The van der Waals surface area contributed by atoms with E-state index in [2.05, 4.69) is 10.2 Å². The van der Waals surface area contributed by atoms with Gasteiger partial charge in [0.15, 0.2) is 0 Å². The zero-order valence-electron chi connectivity index (χ0n) is 16.1. The molecule has 0 aliphatic carbocycles. The van der Waals surface area contributed by atoms with E-state index in [0.717, 1.165) is 17.5 Å². The molecule has 1 aliphatic heterocycles. The molecule has 1 saturated heterocycles. The number of rotatable bonds is 6. The van der Waals surface area contributed by atoms with Gasteiger partial charge in [0.1, 0.15) is 5.82 Å². The van der Waals surface area contributed by atoms with E-state index in [9.17, 15) is 9.18 Å². The highest BCUT2D eigenvalue weighted by Gasteiger charge is 2.29. The number of aromatic nitrogens is 2. The summed E-state index contributed by atoms with van der Waals surface area (Å²) in [6.45, 7) is 0.567. The standard InChI is InChI=1S/C21H22FN3O3S/c1-25(17-8-10-27-18(12-17)14-2-4-16(22)5-3-14)20(26)7-6-19-23-24-21(28-19)15-9-11-29-13-15/h2-5,9,11,13,17-18H,6-8,10,12H2,1H3/t17-,18+/m0/s1. The van der Waals surface area contributed by atoms with Crippen LogP contribution < -0.4 is 0 Å². The molecule has 1 fully saturated rings. The molecular weight excluding hydrogens is 393 g/mol. The first-order chi connectivity index (χ1) is 14.1. The van der Waals surface area contributed by atoms with Crippen molar-refractivity contribution in [2.75, 3.05) is 13.7 Å². The van der Waals surface area contributed by atoms with Crippen LogP contribution in [0, 0.1) is 5.82 Å². The van der Waals surface area contributed by atoms with E-state index in [1.807, 2.05) is 23.9 Å². The minimum Gasteiger partial charge on any atom is -0.421 e. The van der Waals surface area contributed by atoms with Crippen molar-refractivity contribution < 1.29 is 18.3 Å². The van der Waals surface area contributed by atoms with Gasteiger partial charge in [-0.15, -0.1) is 10.2 Å². The third-order valence-electron chi connectivity index (χ3n) is 5.23. The molecule has 0 radical (unpaired) electrons. The smallest absolute Gasteiger partial charge is 0.248 e. The zero-order valence-corrected chi connectivity index (χ0v) is 16.9. The fourth-order valence-corrected chi connectivity index (χ4v) is 4.12. The Kier molecular flexibility index (Phi) is 6.01. The molecule has 1 aliphatic rings. The van der Waals surface area contributed by atoms with Crippen molar-refractivity contribution in [3.8, 4) is 11.5 Å². The number of benzene rings is 1. The number of amides is 1. The fourth-order valence-electron chi connectivity index (χ4n) is 3.49. The quantitative estimate of drug-likeness (QED) is 0.602. The third kappa shape index (κ3) is 4.71. The Hall–Kier alpha value is -2.58. The van der Waals surface area contributed by atoms with E-state index < -0.39 is 0 Å². The van der Waals surface area contributed by atoms with Gasteiger partial charge in [0.25, 0.3) is 0 Å². The van der Waals surface area contributed by atoms with Crippen LogP contribution in [0.5, 0.6) is 0 Å². The lowest BCUT2D eigenvalue weighted by atomic mass is 9.96. The molecule has 0 bridgehead atoms. The number of carbonyl (C=O) groups excluding carboxylic acids is 1. The lowest BCUT2D eigenvalue weighted by Gasteiger charge is -2.35. The molecule has 8 heteroatoms. The Balaban J connectivity index is 1.32. The van der Waals surface area contributed by atoms with E-state index in [1.54, 1.807) is 28.4 Å². The summed E-state index contributed by atoms with van der Waals surface area (Å²) >= 11 is 1.56. The molecule has 0 saturated carbocycles. The van der Waals surface area contributed by atoms with Gasteiger partial charge >= 0.3 is 0 Å². The SMILES string of the molecule is CN(C(=O)CCc1nnc(-c2ccsc2)o1)[C@H]1CCO[C@@H](c2ccc(F)cc2)C1. The molecule has 6 nitrogen and oxygen atoms in total. The third-order valence-corrected chi connectivity index (χ3v) is 5.91. The summed E-state index contributed by atoms with van der Waals surface area (Å²) in [5.41, 5.74) is 1.83. The van der Waals surface area contributed by atoms with E-state index in [0.29, 0.717) is 37.7 Å². The maximum absolute atomic E-state index is 13.2. The second-order valence-electron chi connectivity index (χ2n) is 7.11. The lowest BCUT2D eigenvalue weighted by Crippen LogP contribution is -2.41. The van der Waals surface area contributed by atoms with Crippen molar-refractivity contribution in [1.82, 2.24) is 15.1 Å². The number of aryl methyl sites for hydroxylation is 1. The number of ether oxygens (including phenoxy) is 1. The first-order valence-corrected chi connectivity index (χ1v) is 10.5. The predicted octanol–water partition coefficient (Wildman–Crippen LogP) is 4.25. The Labute approximate surface area is 172 Å². The lowest BCUT2D eigenvalue weighted by molar-refractivity contribution is -0.135. The number of thiophene rings is 1. The van der Waals surface area contributed by atoms with Crippen LogP contribution in [0.4, 0.5) is 4.39 Å².